The topological polar surface area (TPSA) is 95.7 Å². The summed E-state index contributed by atoms with van der Waals surface area (Å²) in [7, 11) is 0. The molecule has 2 aromatic carbocycles. The molecule has 0 saturated carbocycles. The van der Waals surface area contributed by atoms with Crippen LogP contribution in [0.2, 0.25) is 5.02 Å². The maximum atomic E-state index is 14.9. The van der Waals surface area contributed by atoms with E-state index in [-0.39, 0.29) is 23.1 Å². The molecule has 0 aliphatic rings. The lowest BCUT2D eigenvalue weighted by atomic mass is 10.0. The molecule has 0 aliphatic carbocycles. The molecule has 0 fully saturated rings. The monoisotopic (exact) mass is 459 g/mol. The van der Waals surface area contributed by atoms with E-state index >= 15 is 0 Å². The van der Waals surface area contributed by atoms with E-state index in [1.807, 2.05) is 36.6 Å². The van der Waals surface area contributed by atoms with Gasteiger partial charge in [0.25, 0.3) is 6.47 Å². The van der Waals surface area contributed by atoms with Gasteiger partial charge in [-0.05, 0) is 17.9 Å². The number of benzene rings is 2. The van der Waals surface area contributed by atoms with Crippen molar-refractivity contribution in [2.45, 2.75) is 10.9 Å². The second kappa shape index (κ2) is 9.40. The van der Waals surface area contributed by atoms with Crippen LogP contribution in [0.3, 0.4) is 0 Å². The van der Waals surface area contributed by atoms with Crippen LogP contribution in [-0.2, 0) is 9.53 Å². The molecule has 3 N–H and O–H groups in total. The number of nitrogens with one attached hydrogen (secondary N) is 3. The Bertz CT molecular complexity index is 1200. The molecule has 1 unspecified atom stereocenters. The van der Waals surface area contributed by atoms with Crippen LogP contribution in [0.5, 0.6) is 0 Å². The number of rotatable bonds is 9. The fraction of sp³-hybridized carbons (Fsp3) is 0.190. The molecule has 0 spiro atoms. The standard InChI is InChI=1S/C21H19ClFN5O2S/c1-31-21-18(25-10-26-21)13(9-30-11-29)8-24-20-15-7-14(12-5-3-2-4-6-12)16(22)17(23)19(15)27-28-20/h2-7,10-11,13H,8-9H2,1H3,(H,25,26)(H2,24,27,28). The SMILES string of the molecule is CSc1[nH]cnc1C(CNc1n[nH]c2c(F)c(Cl)c(-c3ccccc3)cc12)COC=O. The second-order valence-electron chi connectivity index (χ2n) is 6.74. The number of anilines is 1. The van der Waals surface area contributed by atoms with E-state index in [4.69, 9.17) is 16.3 Å². The number of carbonyl (C=O) groups is 1. The van der Waals surface area contributed by atoms with Crippen molar-refractivity contribution in [2.75, 3.05) is 24.7 Å². The summed E-state index contributed by atoms with van der Waals surface area (Å²) in [6.45, 7) is 0.926. The highest BCUT2D eigenvalue weighted by atomic mass is 35.5. The molecule has 160 valence electrons. The molecular formula is C21H19ClFN5O2S. The predicted molar refractivity (Wildman–Crippen MR) is 120 cm³/mol. The maximum Gasteiger partial charge on any atom is 0.293 e. The van der Waals surface area contributed by atoms with E-state index in [0.29, 0.717) is 29.8 Å². The van der Waals surface area contributed by atoms with Crippen LogP contribution in [0.4, 0.5) is 10.2 Å². The average Bonchev–Trinajstić information content (AvgIpc) is 3.44. The molecule has 0 saturated heterocycles. The predicted octanol–water partition coefficient (Wildman–Crippen LogP) is 4.84. The zero-order valence-electron chi connectivity index (χ0n) is 16.5. The number of H-pyrrole nitrogens is 2. The van der Waals surface area contributed by atoms with Crippen LogP contribution in [-0.4, -0.2) is 46.0 Å². The first-order chi connectivity index (χ1) is 15.1. The number of nitrogens with zero attached hydrogens (tertiary/aromatic N) is 2. The van der Waals surface area contributed by atoms with E-state index in [2.05, 4.69) is 25.5 Å². The number of hydrogen-bond donors (Lipinski definition) is 3. The van der Waals surface area contributed by atoms with Gasteiger partial charge in [-0.25, -0.2) is 9.37 Å². The number of thioether (sulfide) groups is 1. The Morgan fingerprint density at radius 2 is 2.16 bits per heavy atom. The van der Waals surface area contributed by atoms with Gasteiger partial charge in [0.1, 0.15) is 12.1 Å². The molecule has 4 rings (SSSR count). The lowest BCUT2D eigenvalue weighted by Crippen LogP contribution is -2.19. The van der Waals surface area contributed by atoms with Gasteiger partial charge in [0.2, 0.25) is 0 Å². The number of ether oxygens (including phenoxy) is 1. The van der Waals surface area contributed by atoms with Crippen molar-refractivity contribution in [2.24, 2.45) is 0 Å². The van der Waals surface area contributed by atoms with E-state index in [9.17, 15) is 9.18 Å². The van der Waals surface area contributed by atoms with Gasteiger partial charge in [0, 0.05) is 17.5 Å². The van der Waals surface area contributed by atoms with Crippen LogP contribution in [0.15, 0.2) is 47.8 Å². The number of aromatic nitrogens is 4. The summed E-state index contributed by atoms with van der Waals surface area (Å²) in [6.07, 6.45) is 3.53. The van der Waals surface area contributed by atoms with Crippen LogP contribution >= 0.6 is 23.4 Å². The largest absolute Gasteiger partial charge is 0.467 e. The third kappa shape index (κ3) is 4.24. The van der Waals surface area contributed by atoms with Gasteiger partial charge in [-0.2, -0.15) is 5.10 Å². The molecule has 1 atom stereocenters. The van der Waals surface area contributed by atoms with Crippen LogP contribution < -0.4 is 5.32 Å². The minimum Gasteiger partial charge on any atom is -0.467 e. The smallest absolute Gasteiger partial charge is 0.293 e. The van der Waals surface area contributed by atoms with E-state index < -0.39 is 5.82 Å². The van der Waals surface area contributed by atoms with E-state index in [1.54, 1.807) is 12.4 Å². The zero-order chi connectivity index (χ0) is 21.8. The third-order valence-electron chi connectivity index (χ3n) is 4.93. The highest BCUT2D eigenvalue weighted by Gasteiger charge is 2.22. The molecule has 2 aromatic heterocycles. The van der Waals surface area contributed by atoms with Gasteiger partial charge in [0.15, 0.2) is 11.6 Å². The quantitative estimate of drug-likeness (QED) is 0.245. The molecular weight excluding hydrogens is 441 g/mol. The number of aromatic amines is 2. The molecule has 31 heavy (non-hydrogen) atoms. The van der Waals surface area contributed by atoms with Crippen molar-refractivity contribution in [3.05, 3.63) is 59.3 Å². The summed E-state index contributed by atoms with van der Waals surface area (Å²) in [5.41, 5.74) is 2.38. The van der Waals surface area contributed by atoms with Gasteiger partial charge in [-0.1, -0.05) is 41.9 Å². The Hall–Kier alpha value is -3.04. The number of fused-ring (bicyclic) bond motifs is 1. The van der Waals surface area contributed by atoms with Crippen molar-refractivity contribution in [3.8, 4) is 11.1 Å². The van der Waals surface area contributed by atoms with Crippen molar-refractivity contribution >= 4 is 46.6 Å². The van der Waals surface area contributed by atoms with Crippen molar-refractivity contribution in [3.63, 3.8) is 0 Å². The molecule has 0 radical (unpaired) electrons. The number of halogens is 2. The zero-order valence-corrected chi connectivity index (χ0v) is 18.1. The van der Waals surface area contributed by atoms with E-state index in [0.717, 1.165) is 16.3 Å². The Balaban J connectivity index is 1.66. The highest BCUT2D eigenvalue weighted by molar-refractivity contribution is 7.98. The minimum absolute atomic E-state index is 0.0345. The Labute approximate surface area is 186 Å². The van der Waals surface area contributed by atoms with E-state index in [1.165, 1.54) is 11.8 Å². The average molecular weight is 460 g/mol. The maximum absolute atomic E-state index is 14.9. The Morgan fingerprint density at radius 3 is 2.90 bits per heavy atom. The number of carbonyl (C=O) groups excluding carboxylic acids is 1. The summed E-state index contributed by atoms with van der Waals surface area (Å²) in [5.74, 6) is -0.312. The Kier molecular flexibility index (Phi) is 6.43. The molecule has 0 aliphatic heterocycles. The molecule has 0 bridgehead atoms. The molecule has 2 heterocycles. The van der Waals surface area contributed by atoms with Gasteiger partial charge in [0.05, 0.1) is 28.0 Å². The van der Waals surface area contributed by atoms with Crippen molar-refractivity contribution in [1.29, 1.82) is 0 Å². The first-order valence-corrected chi connectivity index (χ1v) is 11.0. The molecule has 7 nitrogen and oxygen atoms in total. The first kappa shape index (κ1) is 21.2. The second-order valence-corrected chi connectivity index (χ2v) is 7.94. The summed E-state index contributed by atoms with van der Waals surface area (Å²) in [6, 6.07) is 11.2. The number of imidazole rings is 1. The van der Waals surface area contributed by atoms with Crippen LogP contribution in [0.1, 0.15) is 11.6 Å². The normalized spacial score (nSPS) is 12.1. The van der Waals surface area contributed by atoms with Gasteiger partial charge in [-0.15, -0.1) is 11.8 Å². The Morgan fingerprint density at radius 1 is 1.35 bits per heavy atom. The van der Waals surface area contributed by atoms with Crippen LogP contribution in [0.25, 0.3) is 22.0 Å². The summed E-state index contributed by atoms with van der Waals surface area (Å²) in [4.78, 5) is 18.2. The van der Waals surface area contributed by atoms with Gasteiger partial charge < -0.3 is 15.0 Å². The van der Waals surface area contributed by atoms with Gasteiger partial charge >= 0.3 is 0 Å². The van der Waals surface area contributed by atoms with Crippen molar-refractivity contribution in [1.82, 2.24) is 20.2 Å². The minimum atomic E-state index is -0.559. The van der Waals surface area contributed by atoms with Crippen molar-refractivity contribution < 1.29 is 13.9 Å². The lowest BCUT2D eigenvalue weighted by Gasteiger charge is -2.16. The highest BCUT2D eigenvalue weighted by Crippen LogP contribution is 2.37. The fourth-order valence-corrected chi connectivity index (χ4v) is 4.27. The van der Waals surface area contributed by atoms with Gasteiger partial charge in [-0.3, -0.25) is 9.89 Å². The molecule has 10 heteroatoms. The number of hydrogen-bond acceptors (Lipinski definition) is 6. The molecule has 4 aromatic rings. The third-order valence-corrected chi connectivity index (χ3v) is 6.03. The fourth-order valence-electron chi connectivity index (χ4n) is 3.41. The molecule has 0 amide bonds. The summed E-state index contributed by atoms with van der Waals surface area (Å²) >= 11 is 7.81. The first-order valence-electron chi connectivity index (χ1n) is 9.41. The van der Waals surface area contributed by atoms with Crippen LogP contribution in [0, 0.1) is 5.82 Å². The lowest BCUT2D eigenvalue weighted by molar-refractivity contribution is -0.129. The summed E-state index contributed by atoms with van der Waals surface area (Å²) in [5, 5.41) is 11.7. The summed E-state index contributed by atoms with van der Waals surface area (Å²) < 4.78 is 19.9.